The van der Waals surface area contributed by atoms with Crippen molar-refractivity contribution in [1.82, 2.24) is 20.2 Å². The SMILES string of the molecule is CCOc1nnnn1C(=O)OC. The average Bonchev–Trinajstić information content (AvgIpc) is 2.52. The minimum absolute atomic E-state index is 0.0318. The third-order valence-corrected chi connectivity index (χ3v) is 1.06. The highest BCUT2D eigenvalue weighted by atomic mass is 16.6. The molecule has 0 N–H and O–H groups in total. The van der Waals surface area contributed by atoms with Crippen molar-refractivity contribution in [2.45, 2.75) is 6.92 Å². The fraction of sp³-hybridized carbons (Fsp3) is 0.600. The first-order valence-corrected chi connectivity index (χ1v) is 3.29. The molecule has 0 saturated heterocycles. The lowest BCUT2D eigenvalue weighted by Gasteiger charge is -2.00. The predicted octanol–water partition coefficient (Wildman–Crippen LogP) is -0.314. The molecule has 1 aromatic heterocycles. The highest BCUT2D eigenvalue weighted by Crippen LogP contribution is 2.02. The summed E-state index contributed by atoms with van der Waals surface area (Å²) < 4.78 is 10.1. The summed E-state index contributed by atoms with van der Waals surface area (Å²) in [7, 11) is 1.24. The second-order valence-electron chi connectivity index (χ2n) is 1.78. The van der Waals surface area contributed by atoms with E-state index in [4.69, 9.17) is 4.74 Å². The van der Waals surface area contributed by atoms with Gasteiger partial charge in [-0.2, -0.15) is 0 Å². The van der Waals surface area contributed by atoms with E-state index in [1.54, 1.807) is 6.92 Å². The molecule has 0 unspecified atom stereocenters. The molecule has 66 valence electrons. The van der Waals surface area contributed by atoms with Crippen LogP contribution in [-0.2, 0) is 4.74 Å². The van der Waals surface area contributed by atoms with Gasteiger partial charge in [0.2, 0.25) is 0 Å². The summed E-state index contributed by atoms with van der Waals surface area (Å²) in [6.07, 6.45) is -0.677. The van der Waals surface area contributed by atoms with Crippen LogP contribution in [0.25, 0.3) is 0 Å². The number of nitrogens with zero attached hydrogens (tertiary/aromatic N) is 4. The minimum Gasteiger partial charge on any atom is -0.462 e. The number of tetrazole rings is 1. The van der Waals surface area contributed by atoms with Gasteiger partial charge in [0.15, 0.2) is 0 Å². The van der Waals surface area contributed by atoms with Crippen LogP contribution in [0.3, 0.4) is 0 Å². The first kappa shape index (κ1) is 8.44. The molecule has 0 spiro atoms. The van der Waals surface area contributed by atoms with Gasteiger partial charge in [-0.25, -0.2) is 4.79 Å². The minimum atomic E-state index is -0.677. The lowest BCUT2D eigenvalue weighted by Crippen LogP contribution is -2.15. The summed E-state index contributed by atoms with van der Waals surface area (Å²) >= 11 is 0. The third-order valence-electron chi connectivity index (χ3n) is 1.06. The Morgan fingerprint density at radius 2 is 2.42 bits per heavy atom. The van der Waals surface area contributed by atoms with Gasteiger partial charge in [0, 0.05) is 0 Å². The zero-order valence-corrected chi connectivity index (χ0v) is 6.72. The number of carbonyl (C=O) groups excluding carboxylic acids is 1. The van der Waals surface area contributed by atoms with Crippen LogP contribution in [0.1, 0.15) is 6.92 Å². The largest absolute Gasteiger partial charge is 0.462 e. The maximum absolute atomic E-state index is 10.9. The fourth-order valence-electron chi connectivity index (χ4n) is 0.599. The summed E-state index contributed by atoms with van der Waals surface area (Å²) in [5.41, 5.74) is 0. The fourth-order valence-corrected chi connectivity index (χ4v) is 0.599. The normalized spacial score (nSPS) is 9.50. The van der Waals surface area contributed by atoms with Crippen molar-refractivity contribution in [3.63, 3.8) is 0 Å². The van der Waals surface area contributed by atoms with Crippen LogP contribution in [0, 0.1) is 0 Å². The molecular weight excluding hydrogens is 164 g/mol. The molecule has 0 radical (unpaired) electrons. The summed E-state index contributed by atoms with van der Waals surface area (Å²) in [6, 6.07) is 0.0318. The molecule has 0 aliphatic carbocycles. The van der Waals surface area contributed by atoms with E-state index in [1.807, 2.05) is 0 Å². The van der Waals surface area contributed by atoms with Gasteiger partial charge in [0.05, 0.1) is 13.7 Å². The zero-order valence-electron chi connectivity index (χ0n) is 6.72. The van der Waals surface area contributed by atoms with E-state index in [0.29, 0.717) is 6.61 Å². The van der Waals surface area contributed by atoms with Crippen LogP contribution in [-0.4, -0.2) is 40.0 Å². The molecule has 0 atom stereocenters. The second kappa shape index (κ2) is 3.65. The number of methoxy groups -OCH3 is 1. The summed E-state index contributed by atoms with van der Waals surface area (Å²) in [5.74, 6) is 0. The number of hydrogen-bond acceptors (Lipinski definition) is 6. The molecule has 1 aromatic rings. The molecule has 0 bridgehead atoms. The van der Waals surface area contributed by atoms with Crippen LogP contribution >= 0.6 is 0 Å². The first-order valence-electron chi connectivity index (χ1n) is 3.29. The second-order valence-corrected chi connectivity index (χ2v) is 1.78. The first-order chi connectivity index (χ1) is 5.79. The number of rotatable bonds is 2. The molecule has 12 heavy (non-hydrogen) atoms. The molecular formula is C5H8N4O3. The van der Waals surface area contributed by atoms with Gasteiger partial charge in [-0.05, 0) is 17.4 Å². The monoisotopic (exact) mass is 172 g/mol. The van der Waals surface area contributed by atoms with Crippen molar-refractivity contribution in [2.24, 2.45) is 0 Å². The quantitative estimate of drug-likeness (QED) is 0.569. The van der Waals surface area contributed by atoms with Crippen molar-refractivity contribution in [3.05, 3.63) is 0 Å². The van der Waals surface area contributed by atoms with Gasteiger partial charge < -0.3 is 9.47 Å². The van der Waals surface area contributed by atoms with Gasteiger partial charge in [-0.15, -0.1) is 0 Å². The average molecular weight is 172 g/mol. The maximum Gasteiger partial charge on any atom is 0.440 e. The number of hydrogen-bond donors (Lipinski definition) is 0. The van der Waals surface area contributed by atoms with E-state index < -0.39 is 6.09 Å². The molecule has 7 heteroatoms. The van der Waals surface area contributed by atoms with Crippen molar-refractivity contribution in [3.8, 4) is 6.01 Å². The topological polar surface area (TPSA) is 79.1 Å². The smallest absolute Gasteiger partial charge is 0.440 e. The van der Waals surface area contributed by atoms with Gasteiger partial charge in [-0.3, -0.25) is 0 Å². The summed E-state index contributed by atoms with van der Waals surface area (Å²) in [5, 5.41) is 10.1. The Labute approximate surface area is 68.3 Å². The molecule has 1 rings (SSSR count). The van der Waals surface area contributed by atoms with Crippen LogP contribution in [0.4, 0.5) is 4.79 Å². The molecule has 0 aromatic carbocycles. The van der Waals surface area contributed by atoms with Crippen LogP contribution in [0.5, 0.6) is 6.01 Å². The summed E-state index contributed by atoms with van der Waals surface area (Å²) in [6.45, 7) is 2.15. The lowest BCUT2D eigenvalue weighted by atomic mass is 10.9. The van der Waals surface area contributed by atoms with Crippen molar-refractivity contribution in [2.75, 3.05) is 13.7 Å². The van der Waals surface area contributed by atoms with E-state index in [9.17, 15) is 4.79 Å². The highest BCUT2D eigenvalue weighted by molar-refractivity contribution is 5.69. The Bertz CT molecular complexity index is 271. The maximum atomic E-state index is 10.9. The van der Waals surface area contributed by atoms with E-state index in [1.165, 1.54) is 7.11 Å². The highest BCUT2D eigenvalue weighted by Gasteiger charge is 2.13. The van der Waals surface area contributed by atoms with Crippen LogP contribution < -0.4 is 4.74 Å². The number of ether oxygens (including phenoxy) is 2. The van der Waals surface area contributed by atoms with Gasteiger partial charge in [0.1, 0.15) is 0 Å². The van der Waals surface area contributed by atoms with Crippen molar-refractivity contribution >= 4 is 6.09 Å². The van der Waals surface area contributed by atoms with Crippen molar-refractivity contribution in [1.29, 1.82) is 0 Å². The molecule has 0 saturated carbocycles. The Hall–Kier alpha value is -1.66. The van der Waals surface area contributed by atoms with Crippen LogP contribution in [0.15, 0.2) is 0 Å². The van der Waals surface area contributed by atoms with E-state index in [-0.39, 0.29) is 6.01 Å². The number of carbonyl (C=O) groups is 1. The van der Waals surface area contributed by atoms with E-state index in [2.05, 4.69) is 20.3 Å². The van der Waals surface area contributed by atoms with Gasteiger partial charge >= 0.3 is 12.1 Å². The van der Waals surface area contributed by atoms with Gasteiger partial charge in [0.25, 0.3) is 0 Å². The predicted molar refractivity (Wildman–Crippen MR) is 36.8 cm³/mol. The van der Waals surface area contributed by atoms with Gasteiger partial charge in [-0.1, -0.05) is 9.78 Å². The van der Waals surface area contributed by atoms with E-state index in [0.717, 1.165) is 4.68 Å². The molecule has 0 aliphatic heterocycles. The number of aromatic nitrogens is 4. The molecule has 0 aliphatic rings. The van der Waals surface area contributed by atoms with Crippen molar-refractivity contribution < 1.29 is 14.3 Å². The third kappa shape index (κ3) is 1.49. The van der Waals surface area contributed by atoms with E-state index >= 15 is 0 Å². The lowest BCUT2D eigenvalue weighted by molar-refractivity contribution is 0.163. The molecule has 7 nitrogen and oxygen atoms in total. The standard InChI is InChI=1S/C5H8N4O3/c1-3-12-4-6-7-8-9(4)5(10)11-2/h3H2,1-2H3. The Kier molecular flexibility index (Phi) is 2.57. The van der Waals surface area contributed by atoms with Crippen LogP contribution in [0.2, 0.25) is 0 Å². The molecule has 0 fully saturated rings. The Balaban J connectivity index is 2.83. The Morgan fingerprint density at radius 1 is 1.67 bits per heavy atom. The summed E-state index contributed by atoms with van der Waals surface area (Å²) in [4.78, 5) is 10.9. The zero-order chi connectivity index (χ0) is 8.97. The molecule has 1 heterocycles. The Morgan fingerprint density at radius 3 is 3.00 bits per heavy atom. The molecule has 0 amide bonds.